The van der Waals surface area contributed by atoms with Crippen LogP contribution in [-0.4, -0.2) is 30.3 Å². The summed E-state index contributed by atoms with van der Waals surface area (Å²) < 4.78 is 10.7. The second kappa shape index (κ2) is 8.69. The fourth-order valence-corrected chi connectivity index (χ4v) is 2.16. The normalized spacial score (nSPS) is 10.8. The lowest BCUT2D eigenvalue weighted by Crippen LogP contribution is -2.52. The molecule has 7 heteroatoms. The van der Waals surface area contributed by atoms with Crippen molar-refractivity contribution in [1.29, 1.82) is 0 Å². The summed E-state index contributed by atoms with van der Waals surface area (Å²) in [4.78, 5) is 12.2. The van der Waals surface area contributed by atoms with Crippen LogP contribution in [0.4, 0.5) is 0 Å². The molecule has 0 fully saturated rings. The molecule has 0 aliphatic rings. The van der Waals surface area contributed by atoms with E-state index in [2.05, 4.69) is 16.2 Å². The van der Waals surface area contributed by atoms with E-state index < -0.39 is 0 Å². The average Bonchev–Trinajstić information content (AvgIpc) is 2.48. The summed E-state index contributed by atoms with van der Waals surface area (Å²) in [6.45, 7) is 8.83. The maximum Gasteiger partial charge on any atom is 0.269 e. The smallest absolute Gasteiger partial charge is 0.269 e. The first-order valence-corrected chi connectivity index (χ1v) is 7.80. The lowest BCUT2D eigenvalue weighted by molar-refractivity contribution is 0.0942. The minimum Gasteiger partial charge on any atom is -0.496 e. The van der Waals surface area contributed by atoms with Crippen molar-refractivity contribution in [2.24, 2.45) is 0 Å². The van der Waals surface area contributed by atoms with Gasteiger partial charge in [-0.05, 0) is 58.1 Å². The molecule has 1 amide bonds. The molecule has 0 aliphatic carbocycles. The minimum absolute atomic E-state index is 0.181. The number of carbonyl (C=O) groups is 1. The van der Waals surface area contributed by atoms with Gasteiger partial charge in [0.25, 0.3) is 5.91 Å². The molecular weight excluding hydrogens is 314 g/mol. The first-order chi connectivity index (χ1) is 10.8. The number of nitrogens with one attached hydrogen (secondary N) is 3. The van der Waals surface area contributed by atoms with E-state index in [1.54, 1.807) is 25.3 Å². The zero-order valence-corrected chi connectivity index (χ0v) is 15.1. The molecule has 0 aliphatic heterocycles. The highest BCUT2D eigenvalue weighted by Crippen LogP contribution is 2.20. The fourth-order valence-electron chi connectivity index (χ4n) is 1.80. The van der Waals surface area contributed by atoms with Crippen molar-refractivity contribution in [2.75, 3.05) is 13.7 Å². The molecular formula is C16H25N3O3S. The van der Waals surface area contributed by atoms with Gasteiger partial charge in [0.1, 0.15) is 5.75 Å². The third-order valence-electron chi connectivity index (χ3n) is 2.78. The van der Waals surface area contributed by atoms with Crippen LogP contribution >= 0.6 is 12.2 Å². The van der Waals surface area contributed by atoms with Crippen LogP contribution in [0.25, 0.3) is 0 Å². The number of carbonyl (C=O) groups excluding carboxylic acids is 1. The lowest BCUT2D eigenvalue weighted by Gasteiger charge is -2.23. The van der Waals surface area contributed by atoms with Gasteiger partial charge < -0.3 is 14.8 Å². The van der Waals surface area contributed by atoms with Crippen LogP contribution in [-0.2, 0) is 11.3 Å². The van der Waals surface area contributed by atoms with Crippen molar-refractivity contribution in [3.63, 3.8) is 0 Å². The van der Waals surface area contributed by atoms with Gasteiger partial charge in [-0.2, -0.15) is 0 Å². The van der Waals surface area contributed by atoms with Crippen molar-refractivity contribution in [1.82, 2.24) is 16.2 Å². The van der Waals surface area contributed by atoms with E-state index in [1.807, 2.05) is 27.7 Å². The maximum atomic E-state index is 12.2. The summed E-state index contributed by atoms with van der Waals surface area (Å²) in [6.07, 6.45) is 0. The molecule has 0 bridgehead atoms. The van der Waals surface area contributed by atoms with E-state index in [1.165, 1.54) is 0 Å². The Morgan fingerprint density at radius 2 is 1.96 bits per heavy atom. The largest absolute Gasteiger partial charge is 0.496 e. The van der Waals surface area contributed by atoms with Gasteiger partial charge in [0.15, 0.2) is 5.11 Å². The molecule has 0 saturated carbocycles. The highest BCUT2D eigenvalue weighted by atomic mass is 32.1. The Morgan fingerprint density at radius 1 is 1.26 bits per heavy atom. The van der Waals surface area contributed by atoms with Gasteiger partial charge in [-0.1, -0.05) is 0 Å². The van der Waals surface area contributed by atoms with Gasteiger partial charge in [0.05, 0.1) is 13.7 Å². The number of amides is 1. The van der Waals surface area contributed by atoms with Crippen LogP contribution < -0.4 is 20.9 Å². The SMILES string of the molecule is CCOCc1cc(C(=O)NNC(=S)NC(C)(C)C)ccc1OC. The maximum absolute atomic E-state index is 12.2. The highest BCUT2D eigenvalue weighted by molar-refractivity contribution is 7.80. The van der Waals surface area contributed by atoms with Crippen LogP contribution in [0.3, 0.4) is 0 Å². The van der Waals surface area contributed by atoms with Gasteiger partial charge in [0.2, 0.25) is 0 Å². The predicted molar refractivity (Wildman–Crippen MR) is 94.4 cm³/mol. The summed E-state index contributed by atoms with van der Waals surface area (Å²) in [5.41, 5.74) is 6.38. The van der Waals surface area contributed by atoms with Crippen molar-refractivity contribution in [3.05, 3.63) is 29.3 Å². The quantitative estimate of drug-likeness (QED) is 0.564. The van der Waals surface area contributed by atoms with Crippen molar-refractivity contribution < 1.29 is 14.3 Å². The van der Waals surface area contributed by atoms with Gasteiger partial charge in [-0.25, -0.2) is 0 Å². The third kappa shape index (κ3) is 6.83. The zero-order chi connectivity index (χ0) is 17.5. The molecule has 1 rings (SSSR count). The van der Waals surface area contributed by atoms with Gasteiger partial charge >= 0.3 is 0 Å². The highest BCUT2D eigenvalue weighted by Gasteiger charge is 2.13. The Bertz CT molecular complexity index is 556. The Hall–Kier alpha value is -1.86. The number of methoxy groups -OCH3 is 1. The lowest BCUT2D eigenvalue weighted by atomic mass is 10.1. The molecule has 0 unspecified atom stereocenters. The Kier molecular flexibility index (Phi) is 7.25. The number of hydrogen-bond donors (Lipinski definition) is 3. The fraction of sp³-hybridized carbons (Fsp3) is 0.500. The first kappa shape index (κ1) is 19.2. The molecule has 1 aromatic rings. The van der Waals surface area contributed by atoms with E-state index in [-0.39, 0.29) is 11.4 Å². The van der Waals surface area contributed by atoms with E-state index in [4.69, 9.17) is 21.7 Å². The van der Waals surface area contributed by atoms with Gasteiger partial charge in [-0.15, -0.1) is 0 Å². The number of hydrazine groups is 1. The zero-order valence-electron chi connectivity index (χ0n) is 14.3. The van der Waals surface area contributed by atoms with Crippen molar-refractivity contribution >= 4 is 23.2 Å². The number of benzene rings is 1. The van der Waals surface area contributed by atoms with Gasteiger partial charge in [0, 0.05) is 23.3 Å². The monoisotopic (exact) mass is 339 g/mol. The number of rotatable bonds is 5. The Morgan fingerprint density at radius 3 is 2.52 bits per heavy atom. The Balaban J connectivity index is 2.70. The molecule has 0 radical (unpaired) electrons. The van der Waals surface area contributed by atoms with E-state index in [0.29, 0.717) is 29.6 Å². The van der Waals surface area contributed by atoms with Crippen LogP contribution in [0.2, 0.25) is 0 Å². The number of ether oxygens (including phenoxy) is 2. The van der Waals surface area contributed by atoms with Crippen LogP contribution in [0.15, 0.2) is 18.2 Å². The summed E-state index contributed by atoms with van der Waals surface area (Å²) in [7, 11) is 1.59. The van der Waals surface area contributed by atoms with Crippen molar-refractivity contribution in [3.8, 4) is 5.75 Å². The molecule has 3 N–H and O–H groups in total. The molecule has 128 valence electrons. The summed E-state index contributed by atoms with van der Waals surface area (Å²) in [6, 6.07) is 5.17. The first-order valence-electron chi connectivity index (χ1n) is 7.40. The molecule has 0 atom stereocenters. The van der Waals surface area contributed by atoms with Crippen LogP contribution in [0.5, 0.6) is 5.75 Å². The molecule has 23 heavy (non-hydrogen) atoms. The molecule has 1 aromatic carbocycles. The molecule has 6 nitrogen and oxygen atoms in total. The molecule has 0 spiro atoms. The predicted octanol–water partition coefficient (Wildman–Crippen LogP) is 2.14. The van der Waals surface area contributed by atoms with E-state index in [0.717, 1.165) is 5.56 Å². The summed E-state index contributed by atoms with van der Waals surface area (Å²) >= 11 is 5.12. The van der Waals surface area contributed by atoms with E-state index in [9.17, 15) is 4.79 Å². The molecule has 0 aromatic heterocycles. The van der Waals surface area contributed by atoms with E-state index >= 15 is 0 Å². The molecule has 0 heterocycles. The second-order valence-electron chi connectivity index (χ2n) is 5.95. The summed E-state index contributed by atoms with van der Waals surface area (Å²) in [5, 5.41) is 3.40. The van der Waals surface area contributed by atoms with Gasteiger partial charge in [-0.3, -0.25) is 15.6 Å². The van der Waals surface area contributed by atoms with Crippen molar-refractivity contribution in [2.45, 2.75) is 39.8 Å². The minimum atomic E-state index is -0.288. The third-order valence-corrected chi connectivity index (χ3v) is 2.99. The Labute approximate surface area is 142 Å². The topological polar surface area (TPSA) is 71.6 Å². The van der Waals surface area contributed by atoms with Crippen LogP contribution in [0, 0.1) is 0 Å². The second-order valence-corrected chi connectivity index (χ2v) is 6.36. The number of hydrogen-bond acceptors (Lipinski definition) is 4. The number of thiocarbonyl (C=S) groups is 1. The standard InChI is InChI=1S/C16H25N3O3S/c1-6-22-10-12-9-11(7-8-13(12)21-5)14(20)18-19-15(23)17-16(2,3)4/h7-9H,6,10H2,1-5H3,(H,18,20)(H2,17,19,23). The molecule has 0 saturated heterocycles. The average molecular weight is 339 g/mol. The van der Waals surface area contributed by atoms with Crippen LogP contribution in [0.1, 0.15) is 43.6 Å². The summed E-state index contributed by atoms with van der Waals surface area (Å²) in [5.74, 6) is 0.399.